The molecule has 0 unspecified atom stereocenters. The van der Waals surface area contributed by atoms with Crippen LogP contribution in [0.25, 0.3) is 11.1 Å². The third kappa shape index (κ3) is 6.15. The second kappa shape index (κ2) is 11.0. The fourth-order valence-electron chi connectivity index (χ4n) is 3.71. The topological polar surface area (TPSA) is 122 Å². The van der Waals surface area contributed by atoms with E-state index in [1.807, 2.05) is 54.6 Å². The second-order valence-electron chi connectivity index (χ2n) is 8.29. The highest BCUT2D eigenvalue weighted by Crippen LogP contribution is 2.20. The standard InChI is InChI=1S/C29H25N3O4/c30-24-14-16-25(17-15-24)31-28(34)26(32-27(33)22-10-12-23(13-11-22)29(35)36)18-19-6-8-21(9-7-19)20-4-2-1-3-5-20/h1-17,26H,18,30H2,(H,31,34)(H,32,33)(H,35,36)/t26-/m1/s1. The van der Waals surface area contributed by atoms with E-state index in [9.17, 15) is 14.4 Å². The average Bonchev–Trinajstić information content (AvgIpc) is 2.90. The lowest BCUT2D eigenvalue weighted by molar-refractivity contribution is -0.118. The van der Waals surface area contributed by atoms with Gasteiger partial charge in [-0.25, -0.2) is 4.79 Å². The molecule has 0 aliphatic carbocycles. The Hall–Kier alpha value is -4.91. The molecule has 0 spiro atoms. The molecule has 0 saturated heterocycles. The van der Waals surface area contributed by atoms with Gasteiger partial charge in [0, 0.05) is 23.4 Å². The number of carbonyl (C=O) groups is 3. The monoisotopic (exact) mass is 479 g/mol. The van der Waals surface area contributed by atoms with Crippen molar-refractivity contribution in [1.82, 2.24) is 5.32 Å². The van der Waals surface area contributed by atoms with Crippen LogP contribution in [0.4, 0.5) is 11.4 Å². The van der Waals surface area contributed by atoms with Crippen LogP contribution < -0.4 is 16.4 Å². The molecule has 2 amide bonds. The highest BCUT2D eigenvalue weighted by atomic mass is 16.4. The number of carbonyl (C=O) groups excluding carboxylic acids is 2. The van der Waals surface area contributed by atoms with Crippen molar-refractivity contribution in [2.24, 2.45) is 0 Å². The molecule has 7 nitrogen and oxygen atoms in total. The van der Waals surface area contributed by atoms with Crippen molar-refractivity contribution in [3.8, 4) is 11.1 Å². The zero-order valence-electron chi connectivity index (χ0n) is 19.3. The minimum Gasteiger partial charge on any atom is -0.478 e. The van der Waals surface area contributed by atoms with Gasteiger partial charge in [-0.3, -0.25) is 9.59 Å². The maximum absolute atomic E-state index is 13.2. The lowest BCUT2D eigenvalue weighted by atomic mass is 10.00. The maximum Gasteiger partial charge on any atom is 0.335 e. The fraction of sp³-hybridized carbons (Fsp3) is 0.0690. The molecule has 0 aliphatic heterocycles. The van der Waals surface area contributed by atoms with E-state index in [1.54, 1.807) is 24.3 Å². The van der Waals surface area contributed by atoms with Gasteiger partial charge in [-0.15, -0.1) is 0 Å². The summed E-state index contributed by atoms with van der Waals surface area (Å²) in [5.41, 5.74) is 10.2. The number of nitrogens with two attached hydrogens (primary N) is 1. The lowest BCUT2D eigenvalue weighted by Crippen LogP contribution is -2.45. The zero-order valence-corrected chi connectivity index (χ0v) is 19.3. The van der Waals surface area contributed by atoms with Gasteiger partial charge in [-0.05, 0) is 65.2 Å². The van der Waals surface area contributed by atoms with E-state index in [1.165, 1.54) is 24.3 Å². The number of aromatic carboxylic acids is 1. The fourth-order valence-corrected chi connectivity index (χ4v) is 3.71. The normalized spacial score (nSPS) is 11.3. The van der Waals surface area contributed by atoms with Crippen LogP contribution in [0, 0.1) is 0 Å². The van der Waals surface area contributed by atoms with Crippen LogP contribution in [-0.2, 0) is 11.2 Å². The summed E-state index contributed by atoms with van der Waals surface area (Å²) < 4.78 is 0. The molecule has 4 rings (SSSR count). The average molecular weight is 480 g/mol. The first-order valence-corrected chi connectivity index (χ1v) is 11.3. The molecule has 180 valence electrons. The number of carboxylic acids is 1. The first-order chi connectivity index (χ1) is 17.4. The molecule has 1 atom stereocenters. The number of rotatable bonds is 8. The number of carboxylic acid groups (broad SMARTS) is 1. The quantitative estimate of drug-likeness (QED) is 0.275. The van der Waals surface area contributed by atoms with Gasteiger partial charge in [-0.1, -0.05) is 54.6 Å². The van der Waals surface area contributed by atoms with Crippen LogP contribution in [0.3, 0.4) is 0 Å². The Balaban J connectivity index is 1.53. The number of hydrogen-bond acceptors (Lipinski definition) is 4. The maximum atomic E-state index is 13.2. The predicted octanol–water partition coefficient (Wildman–Crippen LogP) is 4.61. The summed E-state index contributed by atoms with van der Waals surface area (Å²) in [6.07, 6.45) is 0.259. The van der Waals surface area contributed by atoms with E-state index >= 15 is 0 Å². The van der Waals surface area contributed by atoms with E-state index in [4.69, 9.17) is 10.8 Å². The van der Waals surface area contributed by atoms with Crippen molar-refractivity contribution in [2.75, 3.05) is 11.1 Å². The smallest absolute Gasteiger partial charge is 0.335 e. The number of hydrogen-bond donors (Lipinski definition) is 4. The first kappa shape index (κ1) is 24.2. The molecular formula is C29H25N3O4. The van der Waals surface area contributed by atoms with Gasteiger partial charge >= 0.3 is 5.97 Å². The number of nitrogens with one attached hydrogen (secondary N) is 2. The van der Waals surface area contributed by atoms with Crippen molar-refractivity contribution < 1.29 is 19.5 Å². The van der Waals surface area contributed by atoms with Gasteiger partial charge in [0.2, 0.25) is 5.91 Å². The molecule has 0 bridgehead atoms. The summed E-state index contributed by atoms with van der Waals surface area (Å²) >= 11 is 0. The van der Waals surface area contributed by atoms with Gasteiger partial charge in [0.05, 0.1) is 5.56 Å². The van der Waals surface area contributed by atoms with Crippen LogP contribution in [0.5, 0.6) is 0 Å². The largest absolute Gasteiger partial charge is 0.478 e. The Labute approximate surface area is 208 Å². The molecule has 0 aromatic heterocycles. The molecule has 0 radical (unpaired) electrons. The second-order valence-corrected chi connectivity index (χ2v) is 8.29. The summed E-state index contributed by atoms with van der Waals surface area (Å²) in [4.78, 5) is 37.2. The van der Waals surface area contributed by atoms with Crippen molar-refractivity contribution >= 4 is 29.2 Å². The highest BCUT2D eigenvalue weighted by Gasteiger charge is 2.22. The minimum atomic E-state index is -1.08. The Morgan fingerprint density at radius 2 is 1.31 bits per heavy atom. The summed E-state index contributed by atoms with van der Waals surface area (Å²) in [5.74, 6) is -1.95. The Kier molecular flexibility index (Phi) is 7.41. The molecule has 4 aromatic rings. The summed E-state index contributed by atoms with van der Waals surface area (Å²) in [7, 11) is 0. The van der Waals surface area contributed by atoms with Crippen LogP contribution in [0.15, 0.2) is 103 Å². The third-order valence-electron chi connectivity index (χ3n) is 5.69. The van der Waals surface area contributed by atoms with E-state index in [-0.39, 0.29) is 23.5 Å². The molecule has 0 heterocycles. The molecule has 36 heavy (non-hydrogen) atoms. The first-order valence-electron chi connectivity index (χ1n) is 11.3. The Bertz CT molecular complexity index is 1350. The lowest BCUT2D eigenvalue weighted by Gasteiger charge is -2.19. The highest BCUT2D eigenvalue weighted by molar-refractivity contribution is 6.01. The summed E-state index contributed by atoms with van der Waals surface area (Å²) in [6, 6.07) is 29.1. The van der Waals surface area contributed by atoms with Crippen molar-refractivity contribution in [3.05, 3.63) is 120 Å². The van der Waals surface area contributed by atoms with Crippen molar-refractivity contribution in [1.29, 1.82) is 0 Å². The van der Waals surface area contributed by atoms with E-state index in [2.05, 4.69) is 10.6 Å². The van der Waals surface area contributed by atoms with Gasteiger partial charge < -0.3 is 21.5 Å². The SMILES string of the molecule is Nc1ccc(NC(=O)[C@@H](Cc2ccc(-c3ccccc3)cc2)NC(=O)c2ccc(C(=O)O)cc2)cc1. The van der Waals surface area contributed by atoms with Gasteiger partial charge in [-0.2, -0.15) is 0 Å². The van der Waals surface area contributed by atoms with Crippen LogP contribution in [0.2, 0.25) is 0 Å². The molecule has 0 fully saturated rings. The number of amides is 2. The van der Waals surface area contributed by atoms with Gasteiger partial charge in [0.15, 0.2) is 0 Å². The number of anilines is 2. The van der Waals surface area contributed by atoms with Crippen molar-refractivity contribution in [3.63, 3.8) is 0 Å². The van der Waals surface area contributed by atoms with Crippen LogP contribution >= 0.6 is 0 Å². The Morgan fingerprint density at radius 1 is 0.722 bits per heavy atom. The van der Waals surface area contributed by atoms with Crippen LogP contribution in [0.1, 0.15) is 26.3 Å². The molecule has 7 heteroatoms. The van der Waals surface area contributed by atoms with E-state index < -0.39 is 17.9 Å². The van der Waals surface area contributed by atoms with E-state index in [0.29, 0.717) is 11.4 Å². The molecule has 0 aliphatic rings. The molecule has 5 N–H and O–H groups in total. The summed E-state index contributed by atoms with van der Waals surface area (Å²) in [6.45, 7) is 0. The molecule has 0 saturated carbocycles. The molecular weight excluding hydrogens is 454 g/mol. The minimum absolute atomic E-state index is 0.0719. The summed E-state index contributed by atoms with van der Waals surface area (Å²) in [5, 5.41) is 14.7. The third-order valence-corrected chi connectivity index (χ3v) is 5.69. The van der Waals surface area contributed by atoms with Crippen LogP contribution in [-0.4, -0.2) is 28.9 Å². The number of nitrogen functional groups attached to an aromatic ring is 1. The van der Waals surface area contributed by atoms with Crippen molar-refractivity contribution in [2.45, 2.75) is 12.5 Å². The predicted molar refractivity (Wildman–Crippen MR) is 140 cm³/mol. The van der Waals surface area contributed by atoms with Gasteiger partial charge in [0.25, 0.3) is 5.91 Å². The zero-order chi connectivity index (χ0) is 25.5. The van der Waals surface area contributed by atoms with E-state index in [0.717, 1.165) is 16.7 Å². The Morgan fingerprint density at radius 3 is 1.92 bits per heavy atom. The van der Waals surface area contributed by atoms with Gasteiger partial charge in [0.1, 0.15) is 6.04 Å². The molecule has 4 aromatic carbocycles. The number of benzene rings is 4.